The highest BCUT2D eigenvalue weighted by molar-refractivity contribution is 6.34. The van der Waals surface area contributed by atoms with Crippen molar-refractivity contribution in [3.05, 3.63) is 105 Å². The molecule has 11 nitrogen and oxygen atoms in total. The molecular weight excluding hydrogens is 464 g/mol. The fourth-order valence-electron chi connectivity index (χ4n) is 3.02. The highest BCUT2D eigenvalue weighted by atomic mass is 35.5. The highest BCUT2D eigenvalue weighted by Gasteiger charge is 2.26. The van der Waals surface area contributed by atoms with Crippen molar-refractivity contribution in [1.82, 2.24) is 20.2 Å². The summed E-state index contributed by atoms with van der Waals surface area (Å²) in [7, 11) is 0. The summed E-state index contributed by atoms with van der Waals surface area (Å²) >= 11 is 6.08. The number of esters is 1. The van der Waals surface area contributed by atoms with Crippen LogP contribution >= 0.6 is 11.6 Å². The number of ether oxygens (including phenoxy) is 1. The Balaban J connectivity index is 1.55. The van der Waals surface area contributed by atoms with Gasteiger partial charge in [-0.15, -0.1) is 5.10 Å². The van der Waals surface area contributed by atoms with Gasteiger partial charge in [-0.2, -0.15) is 0 Å². The first kappa shape index (κ1) is 22.6. The molecule has 0 aliphatic rings. The second-order valence-corrected chi connectivity index (χ2v) is 7.32. The topological polar surface area (TPSA) is 142 Å². The molecule has 0 bridgehead atoms. The van der Waals surface area contributed by atoms with Gasteiger partial charge >= 0.3 is 5.97 Å². The Morgan fingerprint density at radius 2 is 1.79 bits per heavy atom. The summed E-state index contributed by atoms with van der Waals surface area (Å²) < 4.78 is 6.96. The third-order valence-corrected chi connectivity index (χ3v) is 5.02. The van der Waals surface area contributed by atoms with Gasteiger partial charge < -0.3 is 10.1 Å². The summed E-state index contributed by atoms with van der Waals surface area (Å²) in [6, 6.07) is 18.3. The summed E-state index contributed by atoms with van der Waals surface area (Å²) in [6.45, 7) is 0. The monoisotopic (exact) mass is 478 g/mol. The summed E-state index contributed by atoms with van der Waals surface area (Å²) in [5.41, 5.74) is 1.18. The number of carbonyl (C=O) groups is 2. The van der Waals surface area contributed by atoms with E-state index in [4.69, 9.17) is 16.3 Å². The van der Waals surface area contributed by atoms with Crippen LogP contribution in [0.15, 0.2) is 79.1 Å². The molecule has 0 saturated carbocycles. The molecule has 0 radical (unpaired) electrons. The van der Waals surface area contributed by atoms with Gasteiger partial charge in [-0.25, -0.2) is 9.48 Å². The van der Waals surface area contributed by atoms with E-state index in [9.17, 15) is 19.7 Å². The van der Waals surface area contributed by atoms with Gasteiger partial charge in [0.05, 0.1) is 26.9 Å². The molecule has 4 rings (SSSR count). The van der Waals surface area contributed by atoms with Gasteiger partial charge in [-0.3, -0.25) is 14.9 Å². The molecule has 0 fully saturated rings. The normalized spacial score (nSPS) is 11.4. The van der Waals surface area contributed by atoms with Crippen molar-refractivity contribution in [1.29, 1.82) is 0 Å². The Labute approximate surface area is 197 Å². The van der Waals surface area contributed by atoms with Crippen LogP contribution in [0.4, 0.5) is 11.4 Å². The number of nitrogens with zero attached hydrogens (tertiary/aromatic N) is 5. The highest BCUT2D eigenvalue weighted by Crippen LogP contribution is 2.29. The number of non-ortho nitro benzene ring substituents is 1. The number of anilines is 1. The zero-order valence-electron chi connectivity index (χ0n) is 17.2. The summed E-state index contributed by atoms with van der Waals surface area (Å²) in [5.74, 6) is -1.41. The molecule has 12 heteroatoms. The maximum Gasteiger partial charge on any atom is 0.339 e. The molecule has 34 heavy (non-hydrogen) atoms. The lowest BCUT2D eigenvalue weighted by Gasteiger charge is -2.18. The molecule has 1 atom stereocenters. The van der Waals surface area contributed by atoms with Crippen LogP contribution in [0.3, 0.4) is 0 Å². The van der Waals surface area contributed by atoms with Crippen LogP contribution in [0.5, 0.6) is 0 Å². The van der Waals surface area contributed by atoms with Gasteiger partial charge in [-0.05, 0) is 40.8 Å². The molecule has 4 aromatic rings. The second kappa shape index (κ2) is 9.88. The molecule has 1 aromatic heterocycles. The summed E-state index contributed by atoms with van der Waals surface area (Å²) in [4.78, 5) is 36.2. The lowest BCUT2D eigenvalue weighted by atomic mass is 10.1. The quantitative estimate of drug-likeness (QED) is 0.240. The molecular formula is C22H15ClN6O5. The van der Waals surface area contributed by atoms with E-state index in [1.54, 1.807) is 42.5 Å². The van der Waals surface area contributed by atoms with Crippen LogP contribution in [-0.2, 0) is 9.53 Å². The first-order valence-corrected chi connectivity index (χ1v) is 10.1. The zero-order chi connectivity index (χ0) is 24.1. The Morgan fingerprint density at radius 3 is 2.41 bits per heavy atom. The molecule has 1 heterocycles. The number of nitro groups is 1. The molecule has 170 valence electrons. The maximum absolute atomic E-state index is 13.1. The minimum atomic E-state index is -1.31. The number of benzene rings is 3. The van der Waals surface area contributed by atoms with Crippen molar-refractivity contribution in [3.8, 4) is 5.69 Å². The average molecular weight is 479 g/mol. The maximum atomic E-state index is 13.1. The van der Waals surface area contributed by atoms with Gasteiger partial charge in [0.1, 0.15) is 6.33 Å². The number of halogens is 1. The van der Waals surface area contributed by atoms with E-state index in [2.05, 4.69) is 20.8 Å². The number of tetrazole rings is 1. The van der Waals surface area contributed by atoms with E-state index in [-0.39, 0.29) is 22.0 Å². The summed E-state index contributed by atoms with van der Waals surface area (Å²) in [6.07, 6.45) is 0.103. The standard InChI is InChI=1S/C22H15ClN6O5/c23-18-12-17(29(32)33)10-11-19(18)25-21(30)20(14-4-2-1-3-5-14)34-22(31)15-6-8-16(9-7-15)28-13-24-26-27-28/h1-13,20H,(H,25,30). The van der Waals surface area contributed by atoms with Gasteiger partial charge in [0.25, 0.3) is 11.6 Å². The molecule has 0 spiro atoms. The predicted molar refractivity (Wildman–Crippen MR) is 120 cm³/mol. The SMILES string of the molecule is O=C(OC(C(=O)Nc1ccc([N+](=O)[O-])cc1Cl)c1ccccc1)c1ccc(-n2cnnn2)cc1. The first-order chi connectivity index (χ1) is 16.4. The molecule has 0 aliphatic carbocycles. The smallest absolute Gasteiger partial charge is 0.339 e. The third kappa shape index (κ3) is 5.05. The van der Waals surface area contributed by atoms with Crippen LogP contribution in [0.2, 0.25) is 5.02 Å². The average Bonchev–Trinajstić information content (AvgIpc) is 3.39. The van der Waals surface area contributed by atoms with E-state index in [1.165, 1.54) is 35.3 Å². The first-order valence-electron chi connectivity index (χ1n) is 9.76. The number of carbonyl (C=O) groups excluding carboxylic acids is 2. The van der Waals surface area contributed by atoms with Crippen LogP contribution in [0.25, 0.3) is 5.69 Å². The van der Waals surface area contributed by atoms with E-state index in [0.717, 1.165) is 6.07 Å². The van der Waals surface area contributed by atoms with Crippen molar-refractivity contribution in [2.45, 2.75) is 6.10 Å². The minimum Gasteiger partial charge on any atom is -0.444 e. The number of nitro benzene ring substituents is 1. The van der Waals surface area contributed by atoms with Gasteiger partial charge in [0.2, 0.25) is 6.10 Å². The van der Waals surface area contributed by atoms with Gasteiger partial charge in [-0.1, -0.05) is 41.9 Å². The van der Waals surface area contributed by atoms with E-state index in [0.29, 0.717) is 11.3 Å². The lowest BCUT2D eigenvalue weighted by Crippen LogP contribution is -2.26. The lowest BCUT2D eigenvalue weighted by molar-refractivity contribution is -0.384. The zero-order valence-corrected chi connectivity index (χ0v) is 18.0. The van der Waals surface area contributed by atoms with Crippen molar-refractivity contribution in [2.75, 3.05) is 5.32 Å². The summed E-state index contributed by atoms with van der Waals surface area (Å²) in [5, 5.41) is 24.3. The van der Waals surface area contributed by atoms with Crippen LogP contribution in [0, 0.1) is 10.1 Å². The minimum absolute atomic E-state index is 0.0288. The number of hydrogen-bond donors (Lipinski definition) is 1. The fourth-order valence-corrected chi connectivity index (χ4v) is 3.24. The van der Waals surface area contributed by atoms with E-state index in [1.807, 2.05) is 0 Å². The Bertz CT molecular complexity index is 1330. The van der Waals surface area contributed by atoms with Crippen LogP contribution < -0.4 is 5.32 Å². The molecule has 1 amide bonds. The largest absolute Gasteiger partial charge is 0.444 e. The predicted octanol–water partition coefficient (Wildman–Crippen LogP) is 3.76. The Kier molecular flexibility index (Phi) is 6.55. The fraction of sp³-hybridized carbons (Fsp3) is 0.0455. The molecule has 0 saturated heterocycles. The van der Waals surface area contributed by atoms with Crippen LogP contribution in [-0.4, -0.2) is 37.0 Å². The van der Waals surface area contributed by atoms with Crippen molar-refractivity contribution in [3.63, 3.8) is 0 Å². The Morgan fingerprint density at radius 1 is 1.06 bits per heavy atom. The van der Waals surface area contributed by atoms with E-state index >= 15 is 0 Å². The molecule has 1 unspecified atom stereocenters. The second-order valence-electron chi connectivity index (χ2n) is 6.91. The number of rotatable bonds is 7. The third-order valence-electron chi connectivity index (χ3n) is 4.70. The number of amides is 1. The number of aromatic nitrogens is 4. The Hall–Kier alpha value is -4.64. The molecule has 0 aliphatic heterocycles. The number of nitrogens with one attached hydrogen (secondary N) is 1. The van der Waals surface area contributed by atoms with Crippen molar-refractivity contribution < 1.29 is 19.2 Å². The van der Waals surface area contributed by atoms with E-state index < -0.39 is 22.9 Å². The van der Waals surface area contributed by atoms with Gasteiger partial charge in [0, 0.05) is 17.7 Å². The van der Waals surface area contributed by atoms with Crippen molar-refractivity contribution in [2.24, 2.45) is 0 Å². The number of hydrogen-bond acceptors (Lipinski definition) is 8. The van der Waals surface area contributed by atoms with Gasteiger partial charge in [0.15, 0.2) is 0 Å². The molecule has 1 N–H and O–H groups in total. The van der Waals surface area contributed by atoms with Crippen LogP contribution in [0.1, 0.15) is 22.0 Å². The molecule has 3 aromatic carbocycles. The van der Waals surface area contributed by atoms with Crippen molar-refractivity contribution >= 4 is 34.9 Å².